The van der Waals surface area contributed by atoms with Crippen LogP contribution in [-0.2, 0) is 0 Å². The van der Waals surface area contributed by atoms with Gasteiger partial charge in [-0.3, -0.25) is 0 Å². The monoisotopic (exact) mass is 285 g/mol. The van der Waals surface area contributed by atoms with Crippen molar-refractivity contribution in [1.82, 2.24) is 0 Å². The summed E-state index contributed by atoms with van der Waals surface area (Å²) in [4.78, 5) is 0. The van der Waals surface area contributed by atoms with E-state index in [4.69, 9.17) is 10.00 Å². The first-order valence-electron chi connectivity index (χ1n) is 7.05. The van der Waals surface area contributed by atoms with Gasteiger partial charge in [-0.1, -0.05) is 48.5 Å². The number of ether oxygens (including phenoxy) is 1. The summed E-state index contributed by atoms with van der Waals surface area (Å²) in [5, 5.41) is 8.84. The SMILES string of the molecule is COc1ccc(-c2ccc(-c3ccc(C#N)cc3)cc2)cc1. The zero-order valence-electron chi connectivity index (χ0n) is 12.3. The zero-order valence-corrected chi connectivity index (χ0v) is 12.3. The normalized spacial score (nSPS) is 10.0. The Balaban J connectivity index is 1.86. The molecule has 2 nitrogen and oxygen atoms in total. The van der Waals surface area contributed by atoms with Crippen LogP contribution in [0, 0.1) is 11.3 Å². The van der Waals surface area contributed by atoms with Crippen LogP contribution in [0.5, 0.6) is 5.75 Å². The number of methoxy groups -OCH3 is 1. The van der Waals surface area contributed by atoms with Gasteiger partial charge in [0.1, 0.15) is 5.75 Å². The highest BCUT2D eigenvalue weighted by atomic mass is 16.5. The predicted octanol–water partition coefficient (Wildman–Crippen LogP) is 4.90. The van der Waals surface area contributed by atoms with Crippen molar-refractivity contribution in [2.24, 2.45) is 0 Å². The first kappa shape index (κ1) is 13.9. The number of nitriles is 1. The van der Waals surface area contributed by atoms with E-state index in [1.54, 1.807) is 7.11 Å². The Labute approximate surface area is 130 Å². The van der Waals surface area contributed by atoms with E-state index in [0.717, 1.165) is 22.4 Å². The molecule has 0 spiro atoms. The van der Waals surface area contributed by atoms with E-state index in [1.165, 1.54) is 5.56 Å². The second kappa shape index (κ2) is 6.15. The fourth-order valence-corrected chi connectivity index (χ4v) is 2.38. The molecule has 0 aliphatic carbocycles. The maximum absolute atomic E-state index is 8.84. The second-order valence-electron chi connectivity index (χ2n) is 5.00. The van der Waals surface area contributed by atoms with E-state index in [1.807, 2.05) is 36.4 Å². The van der Waals surface area contributed by atoms with Gasteiger partial charge in [-0.25, -0.2) is 0 Å². The quantitative estimate of drug-likeness (QED) is 0.685. The van der Waals surface area contributed by atoms with Gasteiger partial charge >= 0.3 is 0 Å². The molecule has 0 bridgehead atoms. The van der Waals surface area contributed by atoms with Crippen LogP contribution in [0.1, 0.15) is 5.56 Å². The van der Waals surface area contributed by atoms with Crippen LogP contribution in [0.25, 0.3) is 22.3 Å². The van der Waals surface area contributed by atoms with Crippen LogP contribution in [0.2, 0.25) is 0 Å². The molecule has 3 aromatic carbocycles. The predicted molar refractivity (Wildman–Crippen MR) is 88.6 cm³/mol. The minimum atomic E-state index is 0.679. The smallest absolute Gasteiger partial charge is 0.118 e. The zero-order chi connectivity index (χ0) is 15.4. The topological polar surface area (TPSA) is 33.0 Å². The van der Waals surface area contributed by atoms with Gasteiger partial charge in [0.25, 0.3) is 0 Å². The Hall–Kier alpha value is -3.05. The third kappa shape index (κ3) is 2.84. The molecule has 0 aromatic heterocycles. The summed E-state index contributed by atoms with van der Waals surface area (Å²) < 4.78 is 5.18. The number of hydrogen-bond donors (Lipinski definition) is 0. The van der Waals surface area contributed by atoms with Crippen molar-refractivity contribution in [3.63, 3.8) is 0 Å². The van der Waals surface area contributed by atoms with Gasteiger partial charge in [0.15, 0.2) is 0 Å². The average molecular weight is 285 g/mol. The lowest BCUT2D eigenvalue weighted by atomic mass is 10.00. The van der Waals surface area contributed by atoms with E-state index < -0.39 is 0 Å². The molecule has 0 radical (unpaired) electrons. The molecule has 0 heterocycles. The van der Waals surface area contributed by atoms with Gasteiger partial charge < -0.3 is 4.74 Å². The van der Waals surface area contributed by atoms with Gasteiger partial charge in [0.05, 0.1) is 18.7 Å². The molecule has 0 saturated heterocycles. The Kier molecular flexibility index (Phi) is 3.89. The summed E-state index contributed by atoms with van der Waals surface area (Å²) >= 11 is 0. The lowest BCUT2D eigenvalue weighted by Gasteiger charge is -2.06. The molecule has 0 saturated carbocycles. The molecule has 0 aliphatic rings. The third-order valence-corrected chi connectivity index (χ3v) is 3.66. The van der Waals surface area contributed by atoms with Crippen LogP contribution in [0.3, 0.4) is 0 Å². The fraction of sp³-hybridized carbons (Fsp3) is 0.0500. The van der Waals surface area contributed by atoms with Crippen LogP contribution in [-0.4, -0.2) is 7.11 Å². The maximum Gasteiger partial charge on any atom is 0.118 e. The Morgan fingerprint density at radius 3 is 1.36 bits per heavy atom. The summed E-state index contributed by atoms with van der Waals surface area (Å²) in [5.41, 5.74) is 5.26. The first-order valence-corrected chi connectivity index (χ1v) is 7.05. The summed E-state index contributed by atoms with van der Waals surface area (Å²) in [7, 11) is 1.67. The van der Waals surface area contributed by atoms with Crippen LogP contribution in [0.15, 0.2) is 72.8 Å². The van der Waals surface area contributed by atoms with E-state index in [2.05, 4.69) is 42.5 Å². The van der Waals surface area contributed by atoms with E-state index >= 15 is 0 Å². The molecule has 106 valence electrons. The van der Waals surface area contributed by atoms with Gasteiger partial charge in [0, 0.05) is 0 Å². The minimum Gasteiger partial charge on any atom is -0.497 e. The molecule has 3 aromatic rings. The van der Waals surface area contributed by atoms with Crippen molar-refractivity contribution in [3.05, 3.63) is 78.4 Å². The van der Waals surface area contributed by atoms with Crippen molar-refractivity contribution in [3.8, 4) is 34.1 Å². The van der Waals surface area contributed by atoms with Crippen molar-refractivity contribution in [1.29, 1.82) is 5.26 Å². The number of nitrogens with zero attached hydrogens (tertiary/aromatic N) is 1. The summed E-state index contributed by atoms with van der Waals surface area (Å²) in [6.45, 7) is 0. The molecular formula is C20H15NO. The number of benzene rings is 3. The highest BCUT2D eigenvalue weighted by molar-refractivity contribution is 5.71. The van der Waals surface area contributed by atoms with E-state index in [0.29, 0.717) is 5.56 Å². The molecule has 0 aliphatic heterocycles. The molecule has 0 unspecified atom stereocenters. The standard InChI is InChI=1S/C20H15NO/c1-22-20-12-10-19(11-13-20)18-8-6-17(7-9-18)16-4-2-15(14-21)3-5-16/h2-13H,1H3. The highest BCUT2D eigenvalue weighted by Crippen LogP contribution is 2.26. The molecule has 3 rings (SSSR count). The Bertz CT molecular complexity index is 794. The lowest BCUT2D eigenvalue weighted by molar-refractivity contribution is 0.415. The lowest BCUT2D eigenvalue weighted by Crippen LogP contribution is -1.83. The van der Waals surface area contributed by atoms with Gasteiger partial charge in [-0.2, -0.15) is 5.26 Å². The molecule has 2 heteroatoms. The van der Waals surface area contributed by atoms with E-state index in [-0.39, 0.29) is 0 Å². The van der Waals surface area contributed by atoms with Gasteiger partial charge in [-0.15, -0.1) is 0 Å². The molecule has 0 fully saturated rings. The minimum absolute atomic E-state index is 0.679. The Morgan fingerprint density at radius 2 is 1.00 bits per heavy atom. The molecule has 0 atom stereocenters. The maximum atomic E-state index is 8.84. The molecule has 0 N–H and O–H groups in total. The summed E-state index contributed by atoms with van der Waals surface area (Å²) in [6.07, 6.45) is 0. The molecular weight excluding hydrogens is 270 g/mol. The van der Waals surface area contributed by atoms with Crippen LogP contribution in [0.4, 0.5) is 0 Å². The first-order chi connectivity index (χ1) is 10.8. The summed E-state index contributed by atoms with van der Waals surface area (Å²) in [6, 6.07) is 26.2. The summed E-state index contributed by atoms with van der Waals surface area (Å²) in [5.74, 6) is 0.859. The van der Waals surface area contributed by atoms with Crippen molar-refractivity contribution >= 4 is 0 Å². The number of hydrogen-bond acceptors (Lipinski definition) is 2. The average Bonchev–Trinajstić information content (AvgIpc) is 2.62. The van der Waals surface area contributed by atoms with E-state index in [9.17, 15) is 0 Å². The largest absolute Gasteiger partial charge is 0.497 e. The van der Waals surface area contributed by atoms with Gasteiger partial charge in [-0.05, 0) is 46.5 Å². The second-order valence-corrected chi connectivity index (χ2v) is 5.00. The van der Waals surface area contributed by atoms with Gasteiger partial charge in [0.2, 0.25) is 0 Å². The molecule has 0 amide bonds. The fourth-order valence-electron chi connectivity index (χ4n) is 2.38. The molecule has 22 heavy (non-hydrogen) atoms. The van der Waals surface area contributed by atoms with Crippen molar-refractivity contribution in [2.45, 2.75) is 0 Å². The Morgan fingerprint density at radius 1 is 0.636 bits per heavy atom. The third-order valence-electron chi connectivity index (χ3n) is 3.66. The van der Waals surface area contributed by atoms with Crippen LogP contribution >= 0.6 is 0 Å². The highest BCUT2D eigenvalue weighted by Gasteiger charge is 2.01. The number of rotatable bonds is 3. The van der Waals surface area contributed by atoms with Crippen LogP contribution < -0.4 is 4.74 Å². The van der Waals surface area contributed by atoms with Crippen molar-refractivity contribution < 1.29 is 4.74 Å². The van der Waals surface area contributed by atoms with Crippen molar-refractivity contribution in [2.75, 3.05) is 7.11 Å².